The molecule has 4 nitrogen and oxygen atoms in total. The third-order valence-electron chi connectivity index (χ3n) is 5.54. The maximum absolute atomic E-state index is 5.13. The van der Waals surface area contributed by atoms with Gasteiger partial charge in [0, 0.05) is 37.6 Å². The molecule has 4 heteroatoms. The van der Waals surface area contributed by atoms with Crippen LogP contribution in [0.3, 0.4) is 0 Å². The van der Waals surface area contributed by atoms with Gasteiger partial charge in [0.1, 0.15) is 0 Å². The van der Waals surface area contributed by atoms with E-state index in [1.807, 2.05) is 13.0 Å². The molecule has 2 rings (SSSR count). The van der Waals surface area contributed by atoms with Crippen molar-refractivity contribution in [3.63, 3.8) is 0 Å². The molecule has 0 aromatic heterocycles. The molecule has 33 heavy (non-hydrogen) atoms. The smallest absolute Gasteiger partial charge is 0.206 e. The Morgan fingerprint density at radius 2 is 1.42 bits per heavy atom. The highest BCUT2D eigenvalue weighted by Gasteiger charge is 2.29. The first-order chi connectivity index (χ1) is 16.1. The van der Waals surface area contributed by atoms with Gasteiger partial charge in [-0.2, -0.15) is 0 Å². The molecule has 2 aliphatic heterocycles. The van der Waals surface area contributed by atoms with E-state index in [0.717, 1.165) is 50.1 Å². The molecule has 1 saturated heterocycles. The van der Waals surface area contributed by atoms with Gasteiger partial charge in [0.25, 0.3) is 0 Å². The van der Waals surface area contributed by atoms with Crippen molar-refractivity contribution in [1.82, 2.24) is 14.7 Å². The van der Waals surface area contributed by atoms with Crippen LogP contribution in [0.4, 0.5) is 0 Å². The van der Waals surface area contributed by atoms with Crippen molar-refractivity contribution >= 4 is 5.96 Å². The molecule has 0 aliphatic carbocycles. The first-order valence-corrected chi connectivity index (χ1v) is 11.9. The Morgan fingerprint density at radius 1 is 0.818 bits per heavy atom. The summed E-state index contributed by atoms with van der Waals surface area (Å²) in [5.41, 5.74) is 4.59. The van der Waals surface area contributed by atoms with E-state index in [9.17, 15) is 0 Å². The molecule has 0 saturated carbocycles. The minimum atomic E-state index is 0.767. The summed E-state index contributed by atoms with van der Waals surface area (Å²) in [6.07, 6.45) is 27.2. The van der Waals surface area contributed by atoms with Crippen molar-refractivity contribution in [2.45, 2.75) is 34.6 Å². The largest absolute Gasteiger partial charge is 0.368 e. The van der Waals surface area contributed by atoms with Crippen LogP contribution in [-0.4, -0.2) is 53.4 Å². The van der Waals surface area contributed by atoms with Crippen LogP contribution in [0.5, 0.6) is 0 Å². The predicted molar refractivity (Wildman–Crippen MR) is 145 cm³/mol. The number of guanidine groups is 1. The van der Waals surface area contributed by atoms with Crippen molar-refractivity contribution in [1.29, 1.82) is 0 Å². The van der Waals surface area contributed by atoms with Gasteiger partial charge in [0.15, 0.2) is 0 Å². The van der Waals surface area contributed by atoms with Crippen LogP contribution >= 0.6 is 0 Å². The zero-order chi connectivity index (χ0) is 24.1. The first kappa shape index (κ1) is 26.0. The fraction of sp³-hybridized carbons (Fsp3) is 0.345. The molecule has 0 N–H and O–H groups in total. The molecule has 0 amide bonds. The van der Waals surface area contributed by atoms with Crippen LogP contribution in [-0.2, 0) is 0 Å². The molecule has 2 heterocycles. The number of aliphatic imine (C=N–C) groups is 1. The quantitative estimate of drug-likeness (QED) is 0.426. The third kappa shape index (κ3) is 7.11. The second-order valence-electron chi connectivity index (χ2n) is 7.81. The van der Waals surface area contributed by atoms with Crippen molar-refractivity contribution in [3.8, 4) is 0 Å². The Morgan fingerprint density at radius 3 is 1.97 bits per heavy atom. The average Bonchev–Trinajstić information content (AvgIpc) is 2.84. The first-order valence-electron chi connectivity index (χ1n) is 11.9. The van der Waals surface area contributed by atoms with Gasteiger partial charge in [0.2, 0.25) is 5.96 Å². The van der Waals surface area contributed by atoms with Crippen molar-refractivity contribution in [3.05, 3.63) is 108 Å². The topological polar surface area (TPSA) is 22.1 Å². The number of nitrogens with zero attached hydrogens (tertiary/aromatic N) is 4. The third-order valence-corrected chi connectivity index (χ3v) is 5.54. The van der Waals surface area contributed by atoms with E-state index in [1.54, 1.807) is 0 Å². The number of piperazine rings is 1. The lowest BCUT2D eigenvalue weighted by atomic mass is 10.1. The zero-order valence-electron chi connectivity index (χ0n) is 21.0. The summed E-state index contributed by atoms with van der Waals surface area (Å²) < 4.78 is 0. The lowest BCUT2D eigenvalue weighted by molar-refractivity contribution is 0.212. The van der Waals surface area contributed by atoms with Crippen LogP contribution in [0.2, 0.25) is 0 Å². The van der Waals surface area contributed by atoms with E-state index in [4.69, 9.17) is 4.99 Å². The van der Waals surface area contributed by atoms with Crippen LogP contribution < -0.4 is 0 Å². The fourth-order valence-electron chi connectivity index (χ4n) is 3.94. The molecule has 2 aliphatic rings. The van der Waals surface area contributed by atoms with Gasteiger partial charge in [-0.3, -0.25) is 0 Å². The highest BCUT2D eigenvalue weighted by Crippen LogP contribution is 2.26. The molecule has 0 atom stereocenters. The average molecular weight is 445 g/mol. The van der Waals surface area contributed by atoms with E-state index in [2.05, 4.69) is 122 Å². The van der Waals surface area contributed by atoms with Crippen LogP contribution in [0.25, 0.3) is 0 Å². The number of allylic oxidation sites excluding steroid dienone is 13. The summed E-state index contributed by atoms with van der Waals surface area (Å²) in [7, 11) is 0. The number of rotatable bonds is 7. The summed E-state index contributed by atoms with van der Waals surface area (Å²) in [5, 5.41) is 0. The van der Waals surface area contributed by atoms with Gasteiger partial charge in [-0.15, -0.1) is 0 Å². The van der Waals surface area contributed by atoms with E-state index >= 15 is 0 Å². The fourth-order valence-corrected chi connectivity index (χ4v) is 3.94. The number of hydrogen-bond donors (Lipinski definition) is 0. The molecule has 0 unspecified atom stereocenters. The molecule has 176 valence electrons. The van der Waals surface area contributed by atoms with Gasteiger partial charge in [0.05, 0.1) is 12.2 Å². The van der Waals surface area contributed by atoms with Crippen molar-refractivity contribution in [2.75, 3.05) is 32.7 Å². The predicted octanol–water partition coefficient (Wildman–Crippen LogP) is 6.36. The van der Waals surface area contributed by atoms with Gasteiger partial charge in [-0.05, 0) is 64.5 Å². The van der Waals surface area contributed by atoms with Crippen LogP contribution in [0.15, 0.2) is 113 Å². The highest BCUT2D eigenvalue weighted by atomic mass is 15.4. The molecular weight excluding hydrogens is 404 g/mol. The lowest BCUT2D eigenvalue weighted by Gasteiger charge is -2.43. The van der Waals surface area contributed by atoms with Gasteiger partial charge in [-0.25, -0.2) is 4.99 Å². The van der Waals surface area contributed by atoms with Crippen molar-refractivity contribution < 1.29 is 0 Å². The maximum Gasteiger partial charge on any atom is 0.206 e. The molecule has 0 aromatic carbocycles. The minimum Gasteiger partial charge on any atom is -0.368 e. The molecule has 0 radical (unpaired) electrons. The minimum absolute atomic E-state index is 0.767. The summed E-state index contributed by atoms with van der Waals surface area (Å²) in [6.45, 7) is 18.7. The second-order valence-corrected chi connectivity index (χ2v) is 7.81. The monoisotopic (exact) mass is 444 g/mol. The summed E-state index contributed by atoms with van der Waals surface area (Å²) >= 11 is 0. The SMILES string of the molecule is C=C/C=C1/CN(C(/C=C\C)=C/C=C\C)C(N2CCN(C(/C=C\C)=C/C=C\C)CC2)=N/C1=C/C. The Kier molecular flexibility index (Phi) is 11.0. The molecule has 0 spiro atoms. The maximum atomic E-state index is 5.13. The Labute approximate surface area is 201 Å². The van der Waals surface area contributed by atoms with E-state index in [1.165, 1.54) is 11.3 Å². The molecule has 0 bridgehead atoms. The molecule has 1 fully saturated rings. The Hall–Kier alpha value is -3.27. The summed E-state index contributed by atoms with van der Waals surface area (Å²) in [5.74, 6) is 1.02. The second kappa shape index (κ2) is 14.0. The number of hydrogen-bond acceptors (Lipinski definition) is 4. The van der Waals surface area contributed by atoms with Gasteiger partial charge >= 0.3 is 0 Å². The highest BCUT2D eigenvalue weighted by molar-refractivity contribution is 5.86. The normalized spacial score (nSPS) is 21.6. The van der Waals surface area contributed by atoms with Crippen LogP contribution in [0, 0.1) is 0 Å². The van der Waals surface area contributed by atoms with Gasteiger partial charge in [-0.1, -0.05) is 61.3 Å². The Bertz CT molecular complexity index is 927. The van der Waals surface area contributed by atoms with E-state index < -0.39 is 0 Å². The zero-order valence-corrected chi connectivity index (χ0v) is 21.0. The molecular formula is C29H40N4. The van der Waals surface area contributed by atoms with Gasteiger partial charge < -0.3 is 14.7 Å². The van der Waals surface area contributed by atoms with Crippen molar-refractivity contribution in [2.24, 2.45) is 4.99 Å². The van der Waals surface area contributed by atoms with Crippen LogP contribution in [0.1, 0.15) is 34.6 Å². The van der Waals surface area contributed by atoms with E-state index in [0.29, 0.717) is 0 Å². The Balaban J connectivity index is 2.40. The standard InChI is InChI=1S/C29H40N4/c1-7-13-18-26(16-10-4)31-20-22-32(23-21-31)29-30-28(12-6)25(15-9-3)24-33(29)27(17-11-5)19-14-8-2/h7-19H,3,20-24H2,1-2,4-6H3/b13-7-,14-8-,16-10-,17-11-,25-15-,26-18+,27-19+,28-12+. The summed E-state index contributed by atoms with van der Waals surface area (Å²) in [4.78, 5) is 12.3. The molecule has 0 aromatic rings. The summed E-state index contributed by atoms with van der Waals surface area (Å²) in [6, 6.07) is 0. The lowest BCUT2D eigenvalue weighted by Crippen LogP contribution is -2.54. The van der Waals surface area contributed by atoms with E-state index in [-0.39, 0.29) is 0 Å².